The number of ketones is 1. The number of hydrogen-bond donors (Lipinski definition) is 2. The SMILES string of the molecule is C/C(N)=C(/S)C(=O)/C=C/c1ccc(C(C)C)cc1. The number of thiol groups is 1. The average Bonchev–Trinajstić information content (AvgIpc) is 2.35. The zero-order chi connectivity index (χ0) is 13.7. The third-order valence-corrected chi connectivity index (χ3v) is 3.21. The van der Waals surface area contributed by atoms with E-state index in [1.807, 2.05) is 12.1 Å². The predicted octanol–water partition coefficient (Wildman–Crippen LogP) is 3.51. The predicted molar refractivity (Wildman–Crippen MR) is 80.4 cm³/mol. The molecule has 0 spiro atoms. The zero-order valence-electron chi connectivity index (χ0n) is 11.0. The van der Waals surface area contributed by atoms with Crippen LogP contribution in [0.5, 0.6) is 0 Å². The third kappa shape index (κ3) is 4.08. The van der Waals surface area contributed by atoms with Gasteiger partial charge in [0, 0.05) is 5.70 Å². The molecule has 0 bridgehead atoms. The van der Waals surface area contributed by atoms with Gasteiger partial charge in [0.15, 0.2) is 5.78 Å². The summed E-state index contributed by atoms with van der Waals surface area (Å²) in [4.78, 5) is 11.9. The Labute approximate surface area is 114 Å². The second-order valence-corrected chi connectivity index (χ2v) is 5.00. The van der Waals surface area contributed by atoms with Crippen LogP contribution in [0.25, 0.3) is 6.08 Å². The van der Waals surface area contributed by atoms with Crippen molar-refractivity contribution in [2.24, 2.45) is 5.73 Å². The van der Waals surface area contributed by atoms with Crippen molar-refractivity contribution in [3.05, 3.63) is 52.1 Å². The van der Waals surface area contributed by atoms with Gasteiger partial charge in [-0.3, -0.25) is 4.79 Å². The topological polar surface area (TPSA) is 43.1 Å². The van der Waals surface area contributed by atoms with Crippen molar-refractivity contribution in [1.29, 1.82) is 0 Å². The molecule has 0 heterocycles. The molecule has 2 N–H and O–H groups in total. The Morgan fingerprint density at radius 1 is 1.28 bits per heavy atom. The monoisotopic (exact) mass is 261 g/mol. The van der Waals surface area contributed by atoms with Gasteiger partial charge < -0.3 is 5.73 Å². The Morgan fingerprint density at radius 3 is 2.28 bits per heavy atom. The number of allylic oxidation sites excluding steroid dienone is 3. The van der Waals surface area contributed by atoms with Crippen molar-refractivity contribution in [2.45, 2.75) is 26.7 Å². The zero-order valence-corrected chi connectivity index (χ0v) is 11.9. The van der Waals surface area contributed by atoms with Crippen molar-refractivity contribution in [1.82, 2.24) is 0 Å². The van der Waals surface area contributed by atoms with E-state index in [4.69, 9.17) is 5.73 Å². The van der Waals surface area contributed by atoms with Gasteiger partial charge >= 0.3 is 0 Å². The van der Waals surface area contributed by atoms with Crippen molar-refractivity contribution in [3.63, 3.8) is 0 Å². The van der Waals surface area contributed by atoms with Crippen LogP contribution in [0, 0.1) is 0 Å². The summed E-state index contributed by atoms with van der Waals surface area (Å²) >= 11 is 4.06. The van der Waals surface area contributed by atoms with E-state index in [0.29, 0.717) is 16.5 Å². The Hall–Kier alpha value is -1.48. The molecule has 1 aromatic rings. The van der Waals surface area contributed by atoms with Crippen LogP contribution in [0.2, 0.25) is 0 Å². The normalized spacial score (nSPS) is 12.9. The molecule has 18 heavy (non-hydrogen) atoms. The summed E-state index contributed by atoms with van der Waals surface area (Å²) in [6, 6.07) is 8.13. The fourth-order valence-electron chi connectivity index (χ4n) is 1.44. The van der Waals surface area contributed by atoms with Crippen LogP contribution < -0.4 is 5.73 Å². The van der Waals surface area contributed by atoms with Gasteiger partial charge in [-0.1, -0.05) is 44.2 Å². The smallest absolute Gasteiger partial charge is 0.193 e. The summed E-state index contributed by atoms with van der Waals surface area (Å²) in [6.07, 6.45) is 3.26. The molecule has 0 aromatic heterocycles. The van der Waals surface area contributed by atoms with Crippen LogP contribution in [0.15, 0.2) is 40.9 Å². The van der Waals surface area contributed by atoms with Gasteiger partial charge in [0.25, 0.3) is 0 Å². The van der Waals surface area contributed by atoms with E-state index in [1.165, 1.54) is 11.6 Å². The molecular weight excluding hydrogens is 242 g/mol. The number of benzene rings is 1. The molecule has 0 amide bonds. The van der Waals surface area contributed by atoms with E-state index < -0.39 is 0 Å². The molecule has 0 unspecified atom stereocenters. The molecule has 1 aromatic carbocycles. The highest BCUT2D eigenvalue weighted by Crippen LogP contribution is 2.15. The summed E-state index contributed by atoms with van der Waals surface area (Å²) in [5, 5.41) is 0. The van der Waals surface area contributed by atoms with Gasteiger partial charge in [0.1, 0.15) is 0 Å². The van der Waals surface area contributed by atoms with E-state index in [0.717, 1.165) is 5.56 Å². The maximum atomic E-state index is 11.6. The van der Waals surface area contributed by atoms with E-state index in [-0.39, 0.29) is 5.78 Å². The summed E-state index contributed by atoms with van der Waals surface area (Å²) in [7, 11) is 0. The maximum Gasteiger partial charge on any atom is 0.193 e. The number of carbonyl (C=O) groups is 1. The van der Waals surface area contributed by atoms with Crippen LogP contribution in [-0.2, 0) is 4.79 Å². The minimum absolute atomic E-state index is 0.175. The standard InChI is InChI=1S/C15H19NOS/c1-10(2)13-7-4-12(5-8-13)6-9-14(17)15(18)11(3)16/h4-10,18H,16H2,1-3H3/b9-6+,15-11-. The molecule has 0 aliphatic heterocycles. The summed E-state index contributed by atoms with van der Waals surface area (Å²) in [5.41, 5.74) is 8.21. The average molecular weight is 261 g/mol. The largest absolute Gasteiger partial charge is 0.401 e. The molecule has 0 fully saturated rings. The molecule has 0 aliphatic rings. The molecule has 96 valence electrons. The van der Waals surface area contributed by atoms with Crippen LogP contribution in [0.4, 0.5) is 0 Å². The highest BCUT2D eigenvalue weighted by atomic mass is 32.1. The van der Waals surface area contributed by atoms with Gasteiger partial charge in [-0.25, -0.2) is 0 Å². The third-order valence-electron chi connectivity index (χ3n) is 2.64. The molecule has 0 aliphatic carbocycles. The lowest BCUT2D eigenvalue weighted by Crippen LogP contribution is -2.01. The van der Waals surface area contributed by atoms with Gasteiger partial charge in [0.2, 0.25) is 0 Å². The molecule has 3 heteroatoms. The highest BCUT2D eigenvalue weighted by molar-refractivity contribution is 7.85. The van der Waals surface area contributed by atoms with Crippen molar-refractivity contribution in [2.75, 3.05) is 0 Å². The van der Waals surface area contributed by atoms with E-state index in [1.54, 1.807) is 13.0 Å². The van der Waals surface area contributed by atoms with Crippen molar-refractivity contribution < 1.29 is 4.79 Å². The first-order valence-corrected chi connectivity index (χ1v) is 6.34. The lowest BCUT2D eigenvalue weighted by molar-refractivity contribution is -0.110. The van der Waals surface area contributed by atoms with Crippen LogP contribution >= 0.6 is 12.6 Å². The highest BCUT2D eigenvalue weighted by Gasteiger charge is 2.03. The lowest BCUT2D eigenvalue weighted by Gasteiger charge is -2.04. The first-order chi connectivity index (χ1) is 8.41. The van der Waals surface area contributed by atoms with Crippen LogP contribution in [-0.4, -0.2) is 5.78 Å². The summed E-state index contributed by atoms with van der Waals surface area (Å²) < 4.78 is 0. The van der Waals surface area contributed by atoms with Crippen LogP contribution in [0.3, 0.4) is 0 Å². The van der Waals surface area contributed by atoms with Gasteiger partial charge in [-0.2, -0.15) is 0 Å². The minimum atomic E-state index is -0.175. The number of nitrogens with two attached hydrogens (primary N) is 1. The van der Waals surface area contributed by atoms with Crippen molar-refractivity contribution in [3.8, 4) is 0 Å². The van der Waals surface area contributed by atoms with E-state index in [9.17, 15) is 4.79 Å². The molecule has 1 rings (SSSR count). The maximum absolute atomic E-state index is 11.6. The molecule has 2 nitrogen and oxygen atoms in total. The van der Waals surface area contributed by atoms with Gasteiger partial charge in [-0.05, 0) is 30.0 Å². The summed E-state index contributed by atoms with van der Waals surface area (Å²) in [5.74, 6) is 0.336. The second-order valence-electron chi connectivity index (χ2n) is 4.55. The fraction of sp³-hybridized carbons (Fsp3) is 0.267. The first kappa shape index (κ1) is 14.6. The Kier molecular flexibility index (Phi) is 5.23. The van der Waals surface area contributed by atoms with Gasteiger partial charge in [-0.15, -0.1) is 12.6 Å². The molecule has 0 radical (unpaired) electrons. The quantitative estimate of drug-likeness (QED) is 0.643. The lowest BCUT2D eigenvalue weighted by atomic mass is 10.0. The molecule has 0 saturated carbocycles. The van der Waals surface area contributed by atoms with Gasteiger partial charge in [0.05, 0.1) is 4.91 Å². The first-order valence-electron chi connectivity index (χ1n) is 5.89. The Balaban J connectivity index is 2.80. The van der Waals surface area contributed by atoms with Crippen molar-refractivity contribution >= 4 is 24.5 Å². The minimum Gasteiger partial charge on any atom is -0.401 e. The molecule has 0 saturated heterocycles. The fourth-order valence-corrected chi connectivity index (χ4v) is 1.51. The Bertz CT molecular complexity index is 480. The number of carbonyl (C=O) groups excluding carboxylic acids is 1. The second kappa shape index (κ2) is 6.45. The summed E-state index contributed by atoms with van der Waals surface area (Å²) in [6.45, 7) is 5.96. The molecular formula is C15H19NOS. The van der Waals surface area contributed by atoms with E-state index in [2.05, 4.69) is 38.6 Å². The Morgan fingerprint density at radius 2 is 1.83 bits per heavy atom. The number of rotatable bonds is 4. The van der Waals surface area contributed by atoms with Crippen LogP contribution in [0.1, 0.15) is 37.8 Å². The molecule has 0 atom stereocenters. The van der Waals surface area contributed by atoms with E-state index >= 15 is 0 Å². The number of hydrogen-bond acceptors (Lipinski definition) is 3.